The minimum Gasteiger partial charge on any atom is -0.366 e. The van der Waals surface area contributed by atoms with Gasteiger partial charge in [-0.2, -0.15) is 0 Å². The summed E-state index contributed by atoms with van der Waals surface area (Å²) in [7, 11) is 1.93. The van der Waals surface area contributed by atoms with E-state index in [0.717, 1.165) is 22.5 Å². The van der Waals surface area contributed by atoms with E-state index in [0.29, 0.717) is 6.61 Å². The lowest BCUT2D eigenvalue weighted by atomic mass is 9.75. The summed E-state index contributed by atoms with van der Waals surface area (Å²) in [6.45, 7) is 2.67. The van der Waals surface area contributed by atoms with Gasteiger partial charge in [0.2, 0.25) is 0 Å². The maximum atomic E-state index is 12.4. The Balaban J connectivity index is 1.59. The number of hydrogen-bond acceptors (Lipinski definition) is 4. The van der Waals surface area contributed by atoms with Gasteiger partial charge in [-0.25, -0.2) is 0 Å². The van der Waals surface area contributed by atoms with Crippen LogP contribution in [-0.4, -0.2) is 27.3 Å². The Morgan fingerprint density at radius 2 is 1.81 bits per heavy atom. The molecule has 3 unspecified atom stereocenters. The SMILES string of the molecule is Cn1cnnc1C1(C)OCC1c1ccccc1C1NC(=O)c2ccccc21. The highest BCUT2D eigenvalue weighted by atomic mass is 16.5. The Morgan fingerprint density at radius 3 is 2.48 bits per heavy atom. The number of rotatable bonds is 3. The molecule has 1 fully saturated rings. The van der Waals surface area contributed by atoms with Crippen molar-refractivity contribution in [2.75, 3.05) is 6.61 Å². The van der Waals surface area contributed by atoms with E-state index >= 15 is 0 Å². The van der Waals surface area contributed by atoms with E-state index in [-0.39, 0.29) is 17.9 Å². The van der Waals surface area contributed by atoms with Crippen LogP contribution < -0.4 is 5.32 Å². The third-order valence-electron chi connectivity index (χ3n) is 5.84. The first kappa shape index (κ1) is 16.2. The smallest absolute Gasteiger partial charge is 0.252 e. The summed E-state index contributed by atoms with van der Waals surface area (Å²) in [5.41, 5.74) is 3.52. The second-order valence-electron chi connectivity index (χ2n) is 7.36. The van der Waals surface area contributed by atoms with Gasteiger partial charge in [0.15, 0.2) is 5.82 Å². The van der Waals surface area contributed by atoms with Crippen molar-refractivity contribution < 1.29 is 9.53 Å². The number of aromatic nitrogens is 3. The fourth-order valence-electron chi connectivity index (χ4n) is 4.33. The number of carbonyl (C=O) groups excluding carboxylic acids is 1. The van der Waals surface area contributed by atoms with Crippen molar-refractivity contribution in [2.45, 2.75) is 24.5 Å². The normalized spacial score (nSPS) is 26.4. The summed E-state index contributed by atoms with van der Waals surface area (Å²) in [5.74, 6) is 0.928. The van der Waals surface area contributed by atoms with Crippen LogP contribution in [-0.2, 0) is 17.4 Å². The predicted molar refractivity (Wildman–Crippen MR) is 99.2 cm³/mol. The largest absolute Gasteiger partial charge is 0.366 e. The summed E-state index contributed by atoms with van der Waals surface area (Å²) in [5, 5.41) is 11.4. The number of nitrogens with zero attached hydrogens (tertiary/aromatic N) is 3. The highest BCUT2D eigenvalue weighted by Gasteiger charge is 2.51. The molecule has 6 heteroatoms. The predicted octanol–water partition coefficient (Wildman–Crippen LogP) is 2.68. The molecule has 5 rings (SSSR count). The first-order valence-corrected chi connectivity index (χ1v) is 9.06. The number of aryl methyl sites for hydroxylation is 1. The Morgan fingerprint density at radius 1 is 1.11 bits per heavy atom. The first-order valence-electron chi connectivity index (χ1n) is 9.06. The van der Waals surface area contributed by atoms with Crippen LogP contribution in [0.4, 0.5) is 0 Å². The highest BCUT2D eigenvalue weighted by Crippen LogP contribution is 2.49. The molecule has 27 heavy (non-hydrogen) atoms. The lowest BCUT2D eigenvalue weighted by Crippen LogP contribution is -2.48. The molecule has 3 heterocycles. The van der Waals surface area contributed by atoms with E-state index in [1.807, 2.05) is 48.0 Å². The Labute approximate surface area is 157 Å². The molecule has 2 aromatic carbocycles. The van der Waals surface area contributed by atoms with Crippen molar-refractivity contribution >= 4 is 5.91 Å². The van der Waals surface area contributed by atoms with Gasteiger partial charge in [-0.15, -0.1) is 10.2 Å². The van der Waals surface area contributed by atoms with Crippen LogP contribution in [0.25, 0.3) is 0 Å². The minimum atomic E-state index is -0.538. The molecule has 1 N–H and O–H groups in total. The third kappa shape index (κ3) is 2.26. The highest BCUT2D eigenvalue weighted by molar-refractivity contribution is 5.99. The van der Waals surface area contributed by atoms with Gasteiger partial charge in [0.25, 0.3) is 5.91 Å². The maximum Gasteiger partial charge on any atom is 0.252 e. The van der Waals surface area contributed by atoms with Gasteiger partial charge in [0.05, 0.1) is 12.6 Å². The lowest BCUT2D eigenvalue weighted by molar-refractivity contribution is -0.172. The molecule has 136 valence electrons. The van der Waals surface area contributed by atoms with Crippen molar-refractivity contribution in [1.29, 1.82) is 0 Å². The van der Waals surface area contributed by atoms with Crippen LogP contribution in [0.1, 0.15) is 51.8 Å². The molecule has 1 saturated heterocycles. The van der Waals surface area contributed by atoms with E-state index in [2.05, 4.69) is 34.6 Å². The van der Waals surface area contributed by atoms with Crippen molar-refractivity contribution in [3.8, 4) is 0 Å². The monoisotopic (exact) mass is 360 g/mol. The van der Waals surface area contributed by atoms with Crippen LogP contribution >= 0.6 is 0 Å². The van der Waals surface area contributed by atoms with Crippen LogP contribution in [0.3, 0.4) is 0 Å². The third-order valence-corrected chi connectivity index (χ3v) is 5.84. The van der Waals surface area contributed by atoms with Gasteiger partial charge in [0.1, 0.15) is 11.9 Å². The van der Waals surface area contributed by atoms with Gasteiger partial charge in [-0.1, -0.05) is 42.5 Å². The molecule has 0 saturated carbocycles. The summed E-state index contributed by atoms with van der Waals surface area (Å²) in [6, 6.07) is 15.9. The molecular weight excluding hydrogens is 340 g/mol. The molecule has 0 aliphatic carbocycles. The molecule has 1 amide bonds. The van der Waals surface area contributed by atoms with Gasteiger partial charge in [0, 0.05) is 18.5 Å². The zero-order chi connectivity index (χ0) is 18.6. The molecular formula is C21H20N4O2. The summed E-state index contributed by atoms with van der Waals surface area (Å²) < 4.78 is 7.91. The number of nitrogens with one attached hydrogen (secondary N) is 1. The lowest BCUT2D eigenvalue weighted by Gasteiger charge is -2.47. The van der Waals surface area contributed by atoms with Crippen LogP contribution in [0.15, 0.2) is 54.9 Å². The topological polar surface area (TPSA) is 69.0 Å². The van der Waals surface area contributed by atoms with Crippen molar-refractivity contribution in [1.82, 2.24) is 20.1 Å². The summed E-state index contributed by atoms with van der Waals surface area (Å²) in [6.07, 6.45) is 1.69. The van der Waals surface area contributed by atoms with Gasteiger partial charge >= 0.3 is 0 Å². The minimum absolute atomic E-state index is 0.0219. The summed E-state index contributed by atoms with van der Waals surface area (Å²) >= 11 is 0. The molecule has 6 nitrogen and oxygen atoms in total. The molecule has 3 aromatic rings. The molecule has 0 bridgehead atoms. The first-order chi connectivity index (χ1) is 13.1. The second kappa shape index (κ2) is 5.76. The molecule has 1 aromatic heterocycles. The Hall–Kier alpha value is -2.99. The van der Waals surface area contributed by atoms with Crippen LogP contribution in [0.2, 0.25) is 0 Å². The van der Waals surface area contributed by atoms with Gasteiger partial charge < -0.3 is 14.6 Å². The number of benzene rings is 2. The number of fused-ring (bicyclic) bond motifs is 1. The van der Waals surface area contributed by atoms with E-state index in [4.69, 9.17) is 4.74 Å². The number of amides is 1. The fraction of sp³-hybridized carbons (Fsp3) is 0.286. The Bertz CT molecular complexity index is 1040. The zero-order valence-corrected chi connectivity index (χ0v) is 15.2. The van der Waals surface area contributed by atoms with Crippen LogP contribution in [0, 0.1) is 0 Å². The van der Waals surface area contributed by atoms with Crippen LogP contribution in [0.5, 0.6) is 0 Å². The average molecular weight is 360 g/mol. The Kier molecular flexibility index (Phi) is 3.45. The van der Waals surface area contributed by atoms with Crippen molar-refractivity contribution in [2.24, 2.45) is 7.05 Å². The van der Waals surface area contributed by atoms with Gasteiger partial charge in [-0.05, 0) is 29.7 Å². The molecule has 2 aliphatic heterocycles. The zero-order valence-electron chi connectivity index (χ0n) is 15.2. The van der Waals surface area contributed by atoms with E-state index in [9.17, 15) is 4.79 Å². The molecule has 0 spiro atoms. The molecule has 0 radical (unpaired) electrons. The van der Waals surface area contributed by atoms with Crippen molar-refractivity contribution in [3.63, 3.8) is 0 Å². The summed E-state index contributed by atoms with van der Waals surface area (Å²) in [4.78, 5) is 12.4. The quantitative estimate of drug-likeness (QED) is 0.780. The van der Waals surface area contributed by atoms with E-state index in [1.54, 1.807) is 6.33 Å². The maximum absolute atomic E-state index is 12.4. The number of hydrogen-bond donors (Lipinski definition) is 1. The molecule has 3 atom stereocenters. The van der Waals surface area contributed by atoms with E-state index in [1.165, 1.54) is 5.56 Å². The second-order valence-corrected chi connectivity index (χ2v) is 7.36. The average Bonchev–Trinajstić information content (AvgIpc) is 3.25. The standard InChI is InChI=1S/C21H20N4O2/c1-21(20-24-22-12-25(20)2)17(11-27-21)13-7-3-4-8-14(13)18-15-9-5-6-10-16(15)19(26)23-18/h3-10,12,17-18H,11H2,1-2H3,(H,23,26). The fourth-order valence-corrected chi connectivity index (χ4v) is 4.33. The molecule has 2 aliphatic rings. The van der Waals surface area contributed by atoms with Gasteiger partial charge in [-0.3, -0.25) is 4.79 Å². The number of carbonyl (C=O) groups is 1. The number of ether oxygens (including phenoxy) is 1. The van der Waals surface area contributed by atoms with Crippen molar-refractivity contribution in [3.05, 3.63) is 82.9 Å². The van der Waals surface area contributed by atoms with E-state index < -0.39 is 5.60 Å².